The van der Waals surface area contributed by atoms with Crippen LogP contribution in [0.1, 0.15) is 16.7 Å². The van der Waals surface area contributed by atoms with E-state index in [1.54, 1.807) is 19.3 Å². The number of allylic oxidation sites excluding steroid dienone is 2. The van der Waals surface area contributed by atoms with Crippen molar-refractivity contribution in [3.8, 4) is 5.75 Å². The molecular weight excluding hydrogens is 300 g/mol. The topological polar surface area (TPSA) is 35.5 Å². The standard InChI is InChI=1S/C21H16O3/c1-23-17-8-6-15(7-9-17)14-20-18-4-2-3-5-19(18)21(24-20)12-10-16(22)11-13-21/h2-14H,1H3/b20-14-. The van der Waals surface area contributed by atoms with Gasteiger partial charge in [0.25, 0.3) is 0 Å². The lowest BCUT2D eigenvalue weighted by molar-refractivity contribution is -0.110. The van der Waals surface area contributed by atoms with Crippen molar-refractivity contribution in [1.82, 2.24) is 0 Å². The van der Waals surface area contributed by atoms with Crippen LogP contribution in [0.3, 0.4) is 0 Å². The minimum absolute atomic E-state index is 0.0192. The quantitative estimate of drug-likeness (QED) is 0.836. The highest BCUT2D eigenvalue weighted by atomic mass is 16.5. The van der Waals surface area contributed by atoms with E-state index in [1.807, 2.05) is 66.8 Å². The molecule has 4 rings (SSSR count). The normalized spacial score (nSPS) is 18.7. The number of methoxy groups -OCH3 is 1. The van der Waals surface area contributed by atoms with E-state index in [-0.39, 0.29) is 5.78 Å². The van der Waals surface area contributed by atoms with E-state index in [0.717, 1.165) is 28.2 Å². The van der Waals surface area contributed by atoms with Gasteiger partial charge in [-0.15, -0.1) is 0 Å². The van der Waals surface area contributed by atoms with Crippen molar-refractivity contribution in [3.05, 3.63) is 89.5 Å². The molecule has 0 saturated carbocycles. The molecule has 1 aliphatic carbocycles. The Kier molecular flexibility index (Phi) is 3.35. The molecule has 2 aromatic rings. The zero-order chi connectivity index (χ0) is 16.6. The third kappa shape index (κ3) is 2.35. The molecule has 1 heterocycles. The van der Waals surface area contributed by atoms with Gasteiger partial charge in [0.1, 0.15) is 11.5 Å². The number of ketones is 1. The van der Waals surface area contributed by atoms with Crippen LogP contribution in [0.15, 0.2) is 72.8 Å². The zero-order valence-corrected chi connectivity index (χ0v) is 13.2. The van der Waals surface area contributed by atoms with Gasteiger partial charge in [0.2, 0.25) is 0 Å². The lowest BCUT2D eigenvalue weighted by Gasteiger charge is -2.24. The van der Waals surface area contributed by atoms with Crippen LogP contribution in [-0.2, 0) is 15.1 Å². The minimum Gasteiger partial charge on any atom is -0.497 e. The van der Waals surface area contributed by atoms with Gasteiger partial charge in [0.15, 0.2) is 11.4 Å². The van der Waals surface area contributed by atoms with Crippen LogP contribution >= 0.6 is 0 Å². The van der Waals surface area contributed by atoms with Gasteiger partial charge in [-0.05, 0) is 48.1 Å². The number of fused-ring (bicyclic) bond motifs is 2. The third-order valence-corrected chi connectivity index (χ3v) is 4.30. The van der Waals surface area contributed by atoms with Gasteiger partial charge < -0.3 is 9.47 Å². The molecule has 2 aromatic carbocycles. The second-order valence-corrected chi connectivity index (χ2v) is 5.79. The predicted molar refractivity (Wildman–Crippen MR) is 93.4 cm³/mol. The van der Waals surface area contributed by atoms with Gasteiger partial charge >= 0.3 is 0 Å². The third-order valence-electron chi connectivity index (χ3n) is 4.30. The highest BCUT2D eigenvalue weighted by Crippen LogP contribution is 2.46. The molecule has 3 heteroatoms. The summed E-state index contributed by atoms with van der Waals surface area (Å²) >= 11 is 0. The molecule has 0 fully saturated rings. The first kappa shape index (κ1) is 14.5. The predicted octanol–water partition coefficient (Wildman–Crippen LogP) is 4.11. The number of carbonyl (C=O) groups excluding carboxylic acids is 1. The molecule has 1 spiro atoms. The highest BCUT2D eigenvalue weighted by Gasteiger charge is 2.40. The van der Waals surface area contributed by atoms with E-state index in [1.165, 1.54) is 0 Å². The first-order valence-corrected chi connectivity index (χ1v) is 7.77. The number of rotatable bonds is 2. The molecule has 0 amide bonds. The average Bonchev–Trinajstić information content (AvgIpc) is 2.92. The summed E-state index contributed by atoms with van der Waals surface area (Å²) < 4.78 is 11.5. The van der Waals surface area contributed by atoms with Gasteiger partial charge in [-0.25, -0.2) is 0 Å². The van der Waals surface area contributed by atoms with Crippen molar-refractivity contribution in [2.75, 3.05) is 7.11 Å². The van der Waals surface area contributed by atoms with Crippen molar-refractivity contribution in [2.24, 2.45) is 0 Å². The first-order chi connectivity index (χ1) is 11.7. The Morgan fingerprint density at radius 2 is 1.71 bits per heavy atom. The van der Waals surface area contributed by atoms with Crippen molar-refractivity contribution in [1.29, 1.82) is 0 Å². The van der Waals surface area contributed by atoms with E-state index >= 15 is 0 Å². The summed E-state index contributed by atoms with van der Waals surface area (Å²) in [5, 5.41) is 0. The van der Waals surface area contributed by atoms with Crippen molar-refractivity contribution < 1.29 is 14.3 Å². The summed E-state index contributed by atoms with van der Waals surface area (Å²) in [6.07, 6.45) is 8.78. The van der Waals surface area contributed by atoms with Crippen molar-refractivity contribution in [3.63, 3.8) is 0 Å². The van der Waals surface area contributed by atoms with E-state index in [0.29, 0.717) is 0 Å². The maximum atomic E-state index is 11.5. The molecule has 3 nitrogen and oxygen atoms in total. The maximum Gasteiger partial charge on any atom is 0.178 e. The molecule has 0 bridgehead atoms. The summed E-state index contributed by atoms with van der Waals surface area (Å²) in [5.74, 6) is 1.59. The largest absolute Gasteiger partial charge is 0.497 e. The van der Waals surface area contributed by atoms with Crippen LogP contribution < -0.4 is 4.74 Å². The molecule has 0 aromatic heterocycles. The average molecular weight is 316 g/mol. The Morgan fingerprint density at radius 1 is 1.00 bits per heavy atom. The lowest BCUT2D eigenvalue weighted by Crippen LogP contribution is -2.22. The molecule has 0 saturated heterocycles. The molecule has 0 unspecified atom stereocenters. The number of benzene rings is 2. The Hall–Kier alpha value is -3.07. The van der Waals surface area contributed by atoms with E-state index in [9.17, 15) is 4.79 Å². The molecule has 2 aliphatic rings. The Labute approximate surface area is 140 Å². The van der Waals surface area contributed by atoms with E-state index < -0.39 is 5.60 Å². The van der Waals surface area contributed by atoms with Crippen LogP contribution in [0.2, 0.25) is 0 Å². The molecule has 1 aliphatic heterocycles. The van der Waals surface area contributed by atoms with Crippen LogP contribution in [-0.4, -0.2) is 12.9 Å². The zero-order valence-electron chi connectivity index (χ0n) is 13.2. The van der Waals surface area contributed by atoms with Crippen LogP contribution in [0.25, 0.3) is 11.8 Å². The summed E-state index contributed by atoms with van der Waals surface area (Å²) in [6, 6.07) is 15.9. The van der Waals surface area contributed by atoms with Crippen LogP contribution in [0.4, 0.5) is 0 Å². The summed E-state index contributed by atoms with van der Waals surface area (Å²) in [6.45, 7) is 0. The van der Waals surface area contributed by atoms with Gasteiger partial charge in [-0.3, -0.25) is 4.79 Å². The smallest absolute Gasteiger partial charge is 0.178 e. The summed E-state index contributed by atoms with van der Waals surface area (Å²) in [5.41, 5.74) is 2.42. The van der Waals surface area contributed by atoms with E-state index in [4.69, 9.17) is 9.47 Å². The summed E-state index contributed by atoms with van der Waals surface area (Å²) in [4.78, 5) is 11.5. The minimum atomic E-state index is -0.692. The van der Waals surface area contributed by atoms with E-state index in [2.05, 4.69) is 0 Å². The Bertz CT molecular complexity index is 870. The second kappa shape index (κ2) is 5.53. The fraction of sp³-hybridized carbons (Fsp3) is 0.0952. The molecule has 0 N–H and O–H groups in total. The molecular formula is C21H16O3. The number of hydrogen-bond acceptors (Lipinski definition) is 3. The first-order valence-electron chi connectivity index (χ1n) is 7.77. The van der Waals surface area contributed by atoms with Gasteiger partial charge in [-0.2, -0.15) is 0 Å². The van der Waals surface area contributed by atoms with Gasteiger partial charge in [-0.1, -0.05) is 36.4 Å². The molecule has 24 heavy (non-hydrogen) atoms. The maximum absolute atomic E-state index is 11.5. The number of carbonyl (C=O) groups is 1. The fourth-order valence-electron chi connectivity index (χ4n) is 3.06. The molecule has 118 valence electrons. The Balaban J connectivity index is 1.78. The fourth-order valence-corrected chi connectivity index (χ4v) is 3.06. The SMILES string of the molecule is COc1ccc(/C=C2\OC3(C=CC(=O)C=C3)c3ccccc32)cc1. The van der Waals surface area contributed by atoms with Crippen molar-refractivity contribution >= 4 is 17.6 Å². The highest BCUT2D eigenvalue weighted by molar-refractivity contribution is 6.01. The lowest BCUT2D eigenvalue weighted by atomic mass is 9.88. The monoisotopic (exact) mass is 316 g/mol. The second-order valence-electron chi connectivity index (χ2n) is 5.79. The van der Waals surface area contributed by atoms with Gasteiger partial charge in [0, 0.05) is 11.1 Å². The van der Waals surface area contributed by atoms with Crippen molar-refractivity contribution in [2.45, 2.75) is 5.60 Å². The number of ether oxygens (including phenoxy) is 2. The van der Waals surface area contributed by atoms with Gasteiger partial charge in [0.05, 0.1) is 7.11 Å². The van der Waals surface area contributed by atoms with Crippen LogP contribution in [0.5, 0.6) is 5.75 Å². The van der Waals surface area contributed by atoms with Crippen LogP contribution in [0, 0.1) is 0 Å². The number of hydrogen-bond donors (Lipinski definition) is 0. The Morgan fingerprint density at radius 3 is 2.42 bits per heavy atom. The molecule has 0 atom stereocenters. The summed E-state index contributed by atoms with van der Waals surface area (Å²) in [7, 11) is 1.65. The molecule has 0 radical (unpaired) electrons.